The maximum absolute atomic E-state index is 13.4. The summed E-state index contributed by atoms with van der Waals surface area (Å²) >= 11 is 0. The highest BCUT2D eigenvalue weighted by molar-refractivity contribution is 5.79. The third-order valence-corrected chi connectivity index (χ3v) is 7.30. The zero-order valence-electron chi connectivity index (χ0n) is 20.2. The van der Waals surface area contributed by atoms with Gasteiger partial charge in [-0.3, -0.25) is 14.5 Å². The number of amides is 2. The van der Waals surface area contributed by atoms with Crippen molar-refractivity contribution in [3.63, 3.8) is 0 Å². The number of nitrogens with zero attached hydrogens (tertiary/aromatic N) is 2. The number of likely N-dealkylation sites (tertiary alicyclic amines) is 1. The summed E-state index contributed by atoms with van der Waals surface area (Å²) in [5, 5.41) is 2.95. The van der Waals surface area contributed by atoms with Gasteiger partial charge in [0.15, 0.2) is 0 Å². The Bertz CT molecular complexity index is 967. The van der Waals surface area contributed by atoms with Crippen molar-refractivity contribution in [2.75, 3.05) is 19.6 Å². The van der Waals surface area contributed by atoms with Gasteiger partial charge in [0.05, 0.1) is 6.54 Å². The van der Waals surface area contributed by atoms with E-state index in [1.54, 1.807) is 24.3 Å². The summed E-state index contributed by atoms with van der Waals surface area (Å²) in [6, 6.07) is 12.8. The molecule has 0 atom stereocenters. The molecule has 5 nitrogen and oxygen atoms in total. The van der Waals surface area contributed by atoms with Crippen LogP contribution in [0.25, 0.3) is 0 Å². The number of carbonyl (C=O) groups is 2. The van der Waals surface area contributed by atoms with Crippen LogP contribution in [0.2, 0.25) is 0 Å². The lowest BCUT2D eigenvalue weighted by Crippen LogP contribution is -2.48. The quantitative estimate of drug-likeness (QED) is 0.595. The van der Waals surface area contributed by atoms with Crippen LogP contribution in [0.5, 0.6) is 0 Å². The second kappa shape index (κ2) is 12.2. The average molecular weight is 484 g/mol. The summed E-state index contributed by atoms with van der Waals surface area (Å²) in [6.45, 7) is 2.65. The van der Waals surface area contributed by atoms with E-state index in [1.807, 2.05) is 4.90 Å². The molecule has 2 amide bonds. The Morgan fingerprint density at radius 1 is 0.829 bits per heavy atom. The Balaban J connectivity index is 1.27. The van der Waals surface area contributed by atoms with Crippen LogP contribution in [0.15, 0.2) is 48.5 Å². The third kappa shape index (κ3) is 7.34. The Hall–Kier alpha value is -2.80. The van der Waals surface area contributed by atoms with Gasteiger partial charge in [0.2, 0.25) is 11.8 Å². The highest BCUT2D eigenvalue weighted by atomic mass is 19.1. The zero-order valence-corrected chi connectivity index (χ0v) is 20.2. The van der Waals surface area contributed by atoms with E-state index < -0.39 is 0 Å². The Kier molecular flexibility index (Phi) is 8.85. The van der Waals surface area contributed by atoms with Gasteiger partial charge in [-0.1, -0.05) is 43.5 Å². The summed E-state index contributed by atoms with van der Waals surface area (Å²) in [5.41, 5.74) is 1.81. The number of hydrogen-bond acceptors (Lipinski definition) is 3. The number of rotatable bonds is 8. The second-order valence-corrected chi connectivity index (χ2v) is 9.83. The minimum Gasteiger partial charge on any atom is -0.352 e. The van der Waals surface area contributed by atoms with Crippen molar-refractivity contribution >= 4 is 11.8 Å². The van der Waals surface area contributed by atoms with Crippen LogP contribution in [-0.4, -0.2) is 47.3 Å². The number of piperidine rings is 1. The fourth-order valence-electron chi connectivity index (χ4n) is 5.17. The molecule has 0 spiro atoms. The lowest BCUT2D eigenvalue weighted by atomic mass is 9.93. The topological polar surface area (TPSA) is 52.7 Å². The van der Waals surface area contributed by atoms with E-state index >= 15 is 0 Å². The summed E-state index contributed by atoms with van der Waals surface area (Å²) in [4.78, 5) is 30.1. The van der Waals surface area contributed by atoms with Crippen molar-refractivity contribution in [1.29, 1.82) is 0 Å². The molecular formula is C28H35F2N3O2. The highest BCUT2D eigenvalue weighted by Gasteiger charge is 2.30. The molecule has 0 bridgehead atoms. The lowest BCUT2D eigenvalue weighted by molar-refractivity contribution is -0.136. The first-order chi connectivity index (χ1) is 17.0. The molecule has 2 aliphatic rings. The number of benzene rings is 2. The first-order valence-corrected chi connectivity index (χ1v) is 12.8. The van der Waals surface area contributed by atoms with Crippen LogP contribution < -0.4 is 5.32 Å². The SMILES string of the molecule is O=C(NCc1ccc(F)cc1)C1CCN(CC(=O)N(Cc2ccc(F)cc2)C2CCCCC2)CC1. The normalized spacial score (nSPS) is 17.8. The molecule has 7 heteroatoms. The molecule has 2 aromatic carbocycles. The smallest absolute Gasteiger partial charge is 0.237 e. The van der Waals surface area contributed by atoms with Gasteiger partial charge >= 0.3 is 0 Å². The number of carbonyl (C=O) groups excluding carboxylic acids is 2. The largest absolute Gasteiger partial charge is 0.352 e. The average Bonchev–Trinajstić information content (AvgIpc) is 2.88. The number of hydrogen-bond donors (Lipinski definition) is 1. The van der Waals surface area contributed by atoms with Crippen molar-refractivity contribution < 1.29 is 18.4 Å². The third-order valence-electron chi connectivity index (χ3n) is 7.30. The van der Waals surface area contributed by atoms with Gasteiger partial charge in [0.25, 0.3) is 0 Å². The van der Waals surface area contributed by atoms with Gasteiger partial charge in [-0.25, -0.2) is 8.78 Å². The van der Waals surface area contributed by atoms with E-state index in [4.69, 9.17) is 0 Å². The zero-order chi connectivity index (χ0) is 24.6. The van der Waals surface area contributed by atoms with Gasteiger partial charge in [-0.05, 0) is 74.2 Å². The molecule has 1 aliphatic carbocycles. The van der Waals surface area contributed by atoms with Crippen LogP contribution in [0.3, 0.4) is 0 Å². The van der Waals surface area contributed by atoms with Crippen LogP contribution >= 0.6 is 0 Å². The van der Waals surface area contributed by atoms with E-state index in [0.29, 0.717) is 45.6 Å². The fourth-order valence-corrected chi connectivity index (χ4v) is 5.17. The van der Waals surface area contributed by atoms with Gasteiger partial charge in [-0.2, -0.15) is 0 Å². The molecule has 1 saturated heterocycles. The van der Waals surface area contributed by atoms with E-state index in [1.165, 1.54) is 30.7 Å². The van der Waals surface area contributed by atoms with Crippen LogP contribution in [0.4, 0.5) is 8.78 Å². The first-order valence-electron chi connectivity index (χ1n) is 12.8. The molecule has 0 aromatic heterocycles. The van der Waals surface area contributed by atoms with E-state index in [9.17, 15) is 18.4 Å². The molecule has 1 heterocycles. The van der Waals surface area contributed by atoms with Gasteiger partial charge < -0.3 is 10.2 Å². The van der Waals surface area contributed by atoms with Gasteiger partial charge in [-0.15, -0.1) is 0 Å². The molecule has 2 aromatic rings. The first kappa shape index (κ1) is 25.3. The summed E-state index contributed by atoms with van der Waals surface area (Å²) in [5.74, 6) is -0.507. The van der Waals surface area contributed by atoms with Crippen molar-refractivity contribution in [2.45, 2.75) is 64.1 Å². The minimum atomic E-state index is -0.290. The van der Waals surface area contributed by atoms with Crippen molar-refractivity contribution in [3.8, 4) is 0 Å². The second-order valence-electron chi connectivity index (χ2n) is 9.83. The number of halogens is 2. The van der Waals surface area contributed by atoms with Crippen LogP contribution in [0.1, 0.15) is 56.1 Å². The van der Waals surface area contributed by atoms with E-state index in [0.717, 1.165) is 36.8 Å². The Morgan fingerprint density at radius 2 is 1.40 bits per heavy atom. The Labute approximate surface area is 206 Å². The van der Waals surface area contributed by atoms with Crippen LogP contribution in [-0.2, 0) is 22.7 Å². The highest BCUT2D eigenvalue weighted by Crippen LogP contribution is 2.25. The summed E-state index contributed by atoms with van der Waals surface area (Å²) in [7, 11) is 0. The molecular weight excluding hydrogens is 448 g/mol. The molecule has 1 aliphatic heterocycles. The Morgan fingerprint density at radius 3 is 2.00 bits per heavy atom. The molecule has 0 unspecified atom stereocenters. The summed E-state index contributed by atoms with van der Waals surface area (Å²) < 4.78 is 26.4. The van der Waals surface area contributed by atoms with Crippen LogP contribution in [0, 0.1) is 17.6 Å². The fraction of sp³-hybridized carbons (Fsp3) is 0.500. The molecule has 188 valence electrons. The molecule has 35 heavy (non-hydrogen) atoms. The maximum atomic E-state index is 13.4. The molecule has 1 N–H and O–H groups in total. The lowest BCUT2D eigenvalue weighted by Gasteiger charge is -2.37. The number of nitrogens with one attached hydrogen (secondary N) is 1. The molecule has 1 saturated carbocycles. The minimum absolute atomic E-state index is 0.0143. The van der Waals surface area contributed by atoms with Gasteiger partial charge in [0.1, 0.15) is 11.6 Å². The van der Waals surface area contributed by atoms with E-state index in [2.05, 4.69) is 10.2 Å². The standard InChI is InChI=1S/C28H35F2N3O2/c29-24-10-6-21(7-11-24)18-31-28(35)23-14-16-32(17-15-23)20-27(34)33(26-4-2-1-3-5-26)19-22-8-12-25(30)13-9-22/h6-13,23,26H,1-5,14-20H2,(H,31,35). The molecule has 0 radical (unpaired) electrons. The van der Waals surface area contributed by atoms with Crippen molar-refractivity contribution in [2.24, 2.45) is 5.92 Å². The van der Waals surface area contributed by atoms with E-state index in [-0.39, 0.29) is 35.4 Å². The molecule has 4 rings (SSSR count). The van der Waals surface area contributed by atoms with Crippen molar-refractivity contribution in [1.82, 2.24) is 15.1 Å². The predicted octanol–water partition coefficient (Wildman–Crippen LogP) is 4.65. The predicted molar refractivity (Wildman–Crippen MR) is 131 cm³/mol. The maximum Gasteiger partial charge on any atom is 0.237 e. The monoisotopic (exact) mass is 483 g/mol. The van der Waals surface area contributed by atoms with Crippen molar-refractivity contribution in [3.05, 3.63) is 71.3 Å². The van der Waals surface area contributed by atoms with Gasteiger partial charge in [0, 0.05) is 25.0 Å². The molecule has 2 fully saturated rings. The summed E-state index contributed by atoms with van der Waals surface area (Å²) in [6.07, 6.45) is 6.94.